The fraction of sp³-hybridized carbons (Fsp3) is 0.462. The van der Waals surface area contributed by atoms with E-state index in [4.69, 9.17) is 10.5 Å². The van der Waals surface area contributed by atoms with E-state index in [2.05, 4.69) is 10.6 Å². The van der Waals surface area contributed by atoms with Gasteiger partial charge < -0.3 is 21.1 Å². The second-order valence-electron chi connectivity index (χ2n) is 4.64. The van der Waals surface area contributed by atoms with E-state index in [0.29, 0.717) is 18.8 Å². The summed E-state index contributed by atoms with van der Waals surface area (Å²) in [6.45, 7) is 2.49. The Hall–Kier alpha value is -1.80. The molecule has 0 saturated carbocycles. The number of carbonyl (C=O) groups excluding carboxylic acids is 1. The predicted molar refractivity (Wildman–Crippen MR) is 81.9 cm³/mol. The summed E-state index contributed by atoms with van der Waals surface area (Å²) < 4.78 is 28.0. The first-order valence-corrected chi connectivity index (χ1v) is 8.28. The molecule has 0 bridgehead atoms. The van der Waals surface area contributed by atoms with Crippen molar-refractivity contribution in [1.29, 1.82) is 0 Å². The smallest absolute Gasteiger partial charge is 0.242 e. The minimum absolute atomic E-state index is 0.0412. The minimum atomic E-state index is -3.41. The molecular formula is C13H21N3O4S. The van der Waals surface area contributed by atoms with Gasteiger partial charge in [0.25, 0.3) is 0 Å². The molecule has 0 spiro atoms. The molecule has 118 valence electrons. The summed E-state index contributed by atoms with van der Waals surface area (Å²) in [5.41, 5.74) is 6.36. The quantitative estimate of drug-likeness (QED) is 0.491. The number of ether oxygens (including phenoxy) is 1. The van der Waals surface area contributed by atoms with Crippen molar-refractivity contribution in [3.63, 3.8) is 0 Å². The maximum absolute atomic E-state index is 11.8. The lowest BCUT2D eigenvalue weighted by Crippen LogP contribution is -2.39. The Labute approximate surface area is 124 Å². The lowest BCUT2D eigenvalue weighted by Gasteiger charge is -2.17. The van der Waals surface area contributed by atoms with E-state index >= 15 is 0 Å². The standard InChI is InChI=1S/C13H21N3O4S/c1-9(13(17)15-7-8-20-2)16-10-5-4-6-11(12(10)14)21(3,18)19/h4-6,9,16H,7-8,14H2,1-3H3,(H,15,17). The molecule has 0 fully saturated rings. The molecule has 1 aromatic carbocycles. The zero-order chi connectivity index (χ0) is 16.0. The molecule has 0 aliphatic rings. The molecular weight excluding hydrogens is 294 g/mol. The molecule has 0 saturated heterocycles. The van der Waals surface area contributed by atoms with E-state index in [1.54, 1.807) is 26.2 Å². The highest BCUT2D eigenvalue weighted by Crippen LogP contribution is 2.26. The van der Waals surface area contributed by atoms with Gasteiger partial charge in [0.1, 0.15) is 6.04 Å². The van der Waals surface area contributed by atoms with Crippen LogP contribution in [-0.4, -0.2) is 46.9 Å². The van der Waals surface area contributed by atoms with Gasteiger partial charge in [0.15, 0.2) is 9.84 Å². The molecule has 1 amide bonds. The monoisotopic (exact) mass is 315 g/mol. The summed E-state index contributed by atoms with van der Waals surface area (Å²) in [6.07, 6.45) is 1.09. The van der Waals surface area contributed by atoms with Gasteiger partial charge in [-0.05, 0) is 19.1 Å². The molecule has 7 nitrogen and oxygen atoms in total. The predicted octanol–water partition coefficient (Wildman–Crippen LogP) is 0.235. The number of nitrogen functional groups attached to an aromatic ring is 1. The van der Waals surface area contributed by atoms with Gasteiger partial charge >= 0.3 is 0 Å². The number of benzene rings is 1. The number of para-hydroxylation sites is 1. The number of carbonyl (C=O) groups is 1. The molecule has 8 heteroatoms. The number of hydrogen-bond acceptors (Lipinski definition) is 6. The zero-order valence-corrected chi connectivity index (χ0v) is 13.2. The van der Waals surface area contributed by atoms with Crippen LogP contribution in [0, 0.1) is 0 Å². The average molecular weight is 315 g/mol. The van der Waals surface area contributed by atoms with Crippen molar-refractivity contribution in [2.75, 3.05) is 37.6 Å². The lowest BCUT2D eigenvalue weighted by atomic mass is 10.2. The molecule has 0 heterocycles. The van der Waals surface area contributed by atoms with Crippen LogP contribution in [0.1, 0.15) is 6.92 Å². The van der Waals surface area contributed by atoms with Gasteiger partial charge in [-0.25, -0.2) is 8.42 Å². The molecule has 0 radical (unpaired) electrons. The number of anilines is 2. The molecule has 1 aromatic rings. The van der Waals surface area contributed by atoms with Crippen LogP contribution in [0.5, 0.6) is 0 Å². The Balaban J connectivity index is 2.82. The number of hydrogen-bond donors (Lipinski definition) is 3. The lowest BCUT2D eigenvalue weighted by molar-refractivity contribution is -0.121. The number of amides is 1. The summed E-state index contributed by atoms with van der Waals surface area (Å²) >= 11 is 0. The third-order valence-corrected chi connectivity index (χ3v) is 3.99. The molecule has 0 aliphatic heterocycles. The molecule has 0 aliphatic carbocycles. The van der Waals surface area contributed by atoms with Crippen LogP contribution in [0.15, 0.2) is 23.1 Å². The Morgan fingerprint density at radius 2 is 2.10 bits per heavy atom. The Morgan fingerprint density at radius 3 is 2.67 bits per heavy atom. The van der Waals surface area contributed by atoms with E-state index in [1.165, 1.54) is 6.07 Å². The first-order chi connectivity index (χ1) is 9.77. The number of methoxy groups -OCH3 is 1. The highest BCUT2D eigenvalue weighted by Gasteiger charge is 2.17. The highest BCUT2D eigenvalue weighted by molar-refractivity contribution is 7.90. The van der Waals surface area contributed by atoms with Gasteiger partial charge in [0.05, 0.1) is 22.9 Å². The van der Waals surface area contributed by atoms with E-state index in [1.807, 2.05) is 0 Å². The minimum Gasteiger partial charge on any atom is -0.396 e. The fourth-order valence-electron chi connectivity index (χ4n) is 1.72. The van der Waals surface area contributed by atoms with Crippen LogP contribution in [0.2, 0.25) is 0 Å². The van der Waals surface area contributed by atoms with Crippen molar-refractivity contribution in [1.82, 2.24) is 5.32 Å². The van der Waals surface area contributed by atoms with Crippen molar-refractivity contribution < 1.29 is 17.9 Å². The Morgan fingerprint density at radius 1 is 1.43 bits per heavy atom. The van der Waals surface area contributed by atoms with E-state index < -0.39 is 15.9 Å². The molecule has 1 unspecified atom stereocenters. The van der Waals surface area contributed by atoms with Gasteiger partial charge in [-0.1, -0.05) is 6.07 Å². The van der Waals surface area contributed by atoms with Crippen molar-refractivity contribution >= 4 is 27.1 Å². The van der Waals surface area contributed by atoms with Crippen molar-refractivity contribution in [2.45, 2.75) is 17.9 Å². The van der Waals surface area contributed by atoms with Crippen LogP contribution in [0.3, 0.4) is 0 Å². The number of sulfone groups is 1. The average Bonchev–Trinajstić information content (AvgIpc) is 2.39. The molecule has 0 aromatic heterocycles. The summed E-state index contributed by atoms with van der Waals surface area (Å²) in [5, 5.41) is 5.59. The molecule has 1 rings (SSSR count). The number of nitrogens with one attached hydrogen (secondary N) is 2. The van der Waals surface area contributed by atoms with Gasteiger partial charge in [-0.2, -0.15) is 0 Å². The van der Waals surface area contributed by atoms with Gasteiger partial charge in [0.2, 0.25) is 5.91 Å². The third-order valence-electron chi connectivity index (χ3n) is 2.84. The first kappa shape index (κ1) is 17.3. The van der Waals surface area contributed by atoms with E-state index in [9.17, 15) is 13.2 Å². The van der Waals surface area contributed by atoms with E-state index in [0.717, 1.165) is 6.26 Å². The van der Waals surface area contributed by atoms with Crippen LogP contribution in [0.25, 0.3) is 0 Å². The van der Waals surface area contributed by atoms with Crippen LogP contribution in [-0.2, 0) is 19.4 Å². The number of nitrogens with two attached hydrogens (primary N) is 1. The highest BCUT2D eigenvalue weighted by atomic mass is 32.2. The van der Waals surface area contributed by atoms with Crippen LogP contribution in [0.4, 0.5) is 11.4 Å². The molecule has 21 heavy (non-hydrogen) atoms. The summed E-state index contributed by atoms with van der Waals surface area (Å²) in [7, 11) is -1.86. The maximum Gasteiger partial charge on any atom is 0.242 e. The number of rotatable bonds is 7. The summed E-state index contributed by atoms with van der Waals surface area (Å²) in [6, 6.07) is 4.08. The fourth-order valence-corrected chi connectivity index (χ4v) is 2.56. The van der Waals surface area contributed by atoms with Crippen molar-refractivity contribution in [3.05, 3.63) is 18.2 Å². The Bertz CT molecular complexity index is 601. The van der Waals surface area contributed by atoms with Gasteiger partial charge in [0, 0.05) is 19.9 Å². The van der Waals surface area contributed by atoms with Gasteiger partial charge in [-0.3, -0.25) is 4.79 Å². The van der Waals surface area contributed by atoms with Crippen LogP contribution >= 0.6 is 0 Å². The molecule has 1 atom stereocenters. The maximum atomic E-state index is 11.8. The second-order valence-corrected chi connectivity index (χ2v) is 6.62. The molecule has 4 N–H and O–H groups in total. The first-order valence-electron chi connectivity index (χ1n) is 6.39. The normalized spacial score (nSPS) is 12.7. The Kier molecular flexibility index (Phi) is 5.98. The zero-order valence-electron chi connectivity index (χ0n) is 12.3. The van der Waals surface area contributed by atoms with Gasteiger partial charge in [-0.15, -0.1) is 0 Å². The van der Waals surface area contributed by atoms with E-state index in [-0.39, 0.29) is 16.5 Å². The van der Waals surface area contributed by atoms with Crippen molar-refractivity contribution in [3.8, 4) is 0 Å². The van der Waals surface area contributed by atoms with Crippen molar-refractivity contribution in [2.24, 2.45) is 0 Å². The second kappa shape index (κ2) is 7.28. The largest absolute Gasteiger partial charge is 0.396 e. The summed E-state index contributed by atoms with van der Waals surface area (Å²) in [5.74, 6) is -0.226. The SMILES string of the molecule is COCCNC(=O)C(C)Nc1cccc(S(C)(=O)=O)c1N. The summed E-state index contributed by atoms with van der Waals surface area (Å²) in [4.78, 5) is 11.9. The topological polar surface area (TPSA) is 111 Å². The third kappa shape index (κ3) is 4.91. The van der Waals surface area contributed by atoms with Crippen LogP contribution < -0.4 is 16.4 Å².